The van der Waals surface area contributed by atoms with E-state index in [9.17, 15) is 35.1 Å². The van der Waals surface area contributed by atoms with Gasteiger partial charge in [-0.1, -0.05) is 24.3 Å². The van der Waals surface area contributed by atoms with Crippen molar-refractivity contribution in [3.05, 3.63) is 59.2 Å². The Labute approximate surface area is 186 Å². The number of ether oxygens (including phenoxy) is 1. The lowest BCUT2D eigenvalue weighted by atomic mass is 9.79. The largest absolute Gasteiger partial charge is 0.426 e. The highest BCUT2D eigenvalue weighted by molar-refractivity contribution is 5.64. The molecule has 1 nitrogen and oxygen atoms in total. The molecule has 0 radical (unpaired) electrons. The van der Waals surface area contributed by atoms with Gasteiger partial charge in [0.25, 0.3) is 6.17 Å². The minimum Gasteiger partial charge on any atom is -0.381 e. The molecule has 3 rings (SSSR count). The third-order valence-corrected chi connectivity index (χ3v) is 6.10. The second-order valence-corrected chi connectivity index (χ2v) is 8.34. The van der Waals surface area contributed by atoms with Crippen LogP contribution in [-0.2, 0) is 10.7 Å². The van der Waals surface area contributed by atoms with Gasteiger partial charge in [-0.25, -0.2) is 13.2 Å². The first-order valence-corrected chi connectivity index (χ1v) is 10.7. The van der Waals surface area contributed by atoms with Gasteiger partial charge in [-0.15, -0.1) is 0 Å². The molecule has 182 valence electrons. The molecule has 0 bridgehead atoms. The van der Waals surface area contributed by atoms with E-state index in [0.29, 0.717) is 36.1 Å². The Morgan fingerprint density at radius 1 is 0.879 bits per heavy atom. The Balaban J connectivity index is 1.77. The van der Waals surface area contributed by atoms with Gasteiger partial charge in [0.1, 0.15) is 11.6 Å². The molecule has 1 atom stereocenters. The zero-order valence-corrected chi connectivity index (χ0v) is 17.9. The lowest BCUT2D eigenvalue weighted by Crippen LogP contribution is -2.40. The molecule has 2 aromatic carbocycles. The Kier molecular flexibility index (Phi) is 7.71. The summed E-state index contributed by atoms with van der Waals surface area (Å²) in [5.74, 6) is -8.47. The molecule has 0 aliphatic heterocycles. The molecule has 0 amide bonds. The topological polar surface area (TPSA) is 9.23 Å². The summed E-state index contributed by atoms with van der Waals surface area (Å²) in [4.78, 5) is 0. The second-order valence-electron chi connectivity index (χ2n) is 8.34. The van der Waals surface area contributed by atoms with E-state index in [1.165, 1.54) is 0 Å². The zero-order valence-electron chi connectivity index (χ0n) is 17.9. The van der Waals surface area contributed by atoms with Crippen molar-refractivity contribution in [3.8, 4) is 11.1 Å². The number of hydrogen-bond acceptors (Lipinski definition) is 1. The molecule has 0 heterocycles. The summed E-state index contributed by atoms with van der Waals surface area (Å²) in [6, 6.07) is 7.68. The lowest BCUT2D eigenvalue weighted by Gasteiger charge is -2.28. The van der Waals surface area contributed by atoms with Crippen molar-refractivity contribution in [2.75, 3.05) is 13.2 Å². The Morgan fingerprint density at radius 2 is 1.42 bits per heavy atom. The molecule has 0 saturated heterocycles. The average Bonchev–Trinajstić information content (AvgIpc) is 2.76. The minimum absolute atomic E-state index is 0.140. The highest BCUT2D eigenvalue weighted by Gasteiger charge is 2.59. The van der Waals surface area contributed by atoms with Crippen molar-refractivity contribution < 1.29 is 39.9 Å². The molecule has 1 aliphatic rings. The Bertz CT molecular complexity index is 907. The third kappa shape index (κ3) is 5.67. The van der Waals surface area contributed by atoms with Crippen LogP contribution in [0.15, 0.2) is 36.4 Å². The van der Waals surface area contributed by atoms with Crippen molar-refractivity contribution in [3.63, 3.8) is 0 Å². The monoisotopic (exact) mass is 480 g/mol. The maximum Gasteiger partial charge on any atom is 0.426 e. The van der Waals surface area contributed by atoms with E-state index in [1.807, 2.05) is 6.92 Å². The predicted molar refractivity (Wildman–Crippen MR) is 108 cm³/mol. The van der Waals surface area contributed by atoms with E-state index in [2.05, 4.69) is 0 Å². The summed E-state index contributed by atoms with van der Waals surface area (Å²) in [6.45, 7) is 3.36. The van der Waals surface area contributed by atoms with Crippen LogP contribution < -0.4 is 0 Å². The molecule has 1 unspecified atom stereocenters. The summed E-state index contributed by atoms with van der Waals surface area (Å²) in [7, 11) is 0. The Hall–Kier alpha value is -2.16. The van der Waals surface area contributed by atoms with Gasteiger partial charge in [0, 0.05) is 13.2 Å². The molecule has 0 spiro atoms. The minimum atomic E-state index is -5.97. The van der Waals surface area contributed by atoms with Crippen molar-refractivity contribution >= 4 is 0 Å². The lowest BCUT2D eigenvalue weighted by molar-refractivity contribution is -0.249. The van der Waals surface area contributed by atoms with Crippen LogP contribution in [0.4, 0.5) is 35.1 Å². The molecule has 0 aromatic heterocycles. The summed E-state index contributed by atoms with van der Waals surface area (Å²) in [5, 5.41) is 0. The normalized spacial score (nSPS) is 20.6. The van der Waals surface area contributed by atoms with Crippen molar-refractivity contribution in [1.82, 2.24) is 0 Å². The predicted octanol–water partition coefficient (Wildman–Crippen LogP) is 7.93. The van der Waals surface area contributed by atoms with Gasteiger partial charge in [0.05, 0.1) is 5.56 Å². The number of hydrogen-bond donors (Lipinski definition) is 0. The fourth-order valence-electron chi connectivity index (χ4n) is 4.29. The van der Waals surface area contributed by atoms with Gasteiger partial charge in [-0.2, -0.15) is 22.0 Å². The highest BCUT2D eigenvalue weighted by atomic mass is 19.4. The number of halogens is 8. The highest BCUT2D eigenvalue weighted by Crippen LogP contribution is 2.44. The van der Waals surface area contributed by atoms with Crippen LogP contribution in [0.3, 0.4) is 0 Å². The van der Waals surface area contributed by atoms with Crippen LogP contribution in [0, 0.1) is 17.6 Å². The standard InChI is InChI=1S/C24H24F8O/c1-2-33-13-14-3-5-15(6-4-14)16-7-9-17(10-8-16)18-11-19(25)21(20(26)12-18)23(28,29)22(27)24(30,31)32/h7-12,14-15,22H,2-6,13H2,1H3. The summed E-state index contributed by atoms with van der Waals surface area (Å²) in [6.07, 6.45) is -6.74. The first kappa shape index (κ1) is 25.5. The molecule has 1 aliphatic carbocycles. The van der Waals surface area contributed by atoms with Crippen LogP contribution in [0.25, 0.3) is 11.1 Å². The van der Waals surface area contributed by atoms with E-state index in [0.717, 1.165) is 37.9 Å². The van der Waals surface area contributed by atoms with Crippen LogP contribution in [0.1, 0.15) is 49.7 Å². The second kappa shape index (κ2) is 9.99. The van der Waals surface area contributed by atoms with Crippen molar-refractivity contribution in [2.24, 2.45) is 5.92 Å². The number of benzene rings is 2. The molecule has 1 fully saturated rings. The SMILES string of the molecule is CCOCC1CCC(c2ccc(-c3cc(F)c(C(F)(F)C(F)C(F)(F)F)c(F)c3)cc2)CC1. The summed E-state index contributed by atoms with van der Waals surface area (Å²) >= 11 is 0. The van der Waals surface area contributed by atoms with E-state index in [4.69, 9.17) is 4.74 Å². The van der Waals surface area contributed by atoms with Gasteiger partial charge in [0.2, 0.25) is 0 Å². The summed E-state index contributed by atoms with van der Waals surface area (Å²) < 4.78 is 112. The van der Waals surface area contributed by atoms with Crippen LogP contribution >= 0.6 is 0 Å². The zero-order chi connectivity index (χ0) is 24.4. The van der Waals surface area contributed by atoms with E-state index < -0.39 is 35.5 Å². The summed E-state index contributed by atoms with van der Waals surface area (Å²) in [5.41, 5.74) is -1.05. The maximum atomic E-state index is 14.3. The fourth-order valence-corrected chi connectivity index (χ4v) is 4.29. The number of alkyl halides is 6. The molecular weight excluding hydrogens is 456 g/mol. The van der Waals surface area contributed by atoms with Gasteiger partial charge < -0.3 is 4.74 Å². The van der Waals surface area contributed by atoms with Gasteiger partial charge in [-0.05, 0) is 73.3 Å². The smallest absolute Gasteiger partial charge is 0.381 e. The maximum absolute atomic E-state index is 14.3. The molecule has 33 heavy (non-hydrogen) atoms. The van der Waals surface area contributed by atoms with Gasteiger partial charge in [-0.3, -0.25) is 0 Å². The van der Waals surface area contributed by atoms with Crippen LogP contribution in [0.2, 0.25) is 0 Å². The molecular formula is C24H24F8O. The third-order valence-electron chi connectivity index (χ3n) is 6.10. The fraction of sp³-hybridized carbons (Fsp3) is 0.500. The van der Waals surface area contributed by atoms with Crippen LogP contribution in [-0.4, -0.2) is 25.6 Å². The average molecular weight is 480 g/mol. The molecule has 9 heteroatoms. The van der Waals surface area contributed by atoms with Gasteiger partial charge >= 0.3 is 12.1 Å². The molecule has 1 saturated carbocycles. The number of rotatable bonds is 7. The molecule has 0 N–H and O–H groups in total. The van der Waals surface area contributed by atoms with E-state index in [-0.39, 0.29) is 5.56 Å². The van der Waals surface area contributed by atoms with Crippen molar-refractivity contribution in [2.45, 2.75) is 56.8 Å². The molecule has 2 aromatic rings. The van der Waals surface area contributed by atoms with Crippen molar-refractivity contribution in [1.29, 1.82) is 0 Å². The first-order chi connectivity index (χ1) is 15.4. The van der Waals surface area contributed by atoms with E-state index >= 15 is 0 Å². The quantitative estimate of drug-likeness (QED) is 0.366. The van der Waals surface area contributed by atoms with Gasteiger partial charge in [0.15, 0.2) is 0 Å². The van der Waals surface area contributed by atoms with E-state index in [1.54, 1.807) is 24.3 Å². The first-order valence-electron chi connectivity index (χ1n) is 10.7. The Morgan fingerprint density at radius 3 is 1.91 bits per heavy atom. The van der Waals surface area contributed by atoms with Crippen LogP contribution in [0.5, 0.6) is 0 Å².